The number of hydrogen-bond acceptors (Lipinski definition) is 15. The van der Waals surface area contributed by atoms with Crippen molar-refractivity contribution in [3.05, 3.63) is 59.7 Å². The molecule has 0 fully saturated rings. The molecule has 0 bridgehead atoms. The number of hydrogen-bond donors (Lipinski definition) is 9. The van der Waals surface area contributed by atoms with Gasteiger partial charge in [0.1, 0.15) is 12.1 Å². The molecular weight excluding hydrogens is 727 g/mol. The molecule has 2 rings (SSSR count). The van der Waals surface area contributed by atoms with E-state index >= 15 is 0 Å². The van der Waals surface area contributed by atoms with Crippen LogP contribution in [0.1, 0.15) is 20.7 Å². The smallest absolute Gasteiger partial charge is 0.329 e. The minimum atomic E-state index is -1.08. The third-order valence-corrected chi connectivity index (χ3v) is 9.36. The Bertz CT molecular complexity index is 1320. The second-order valence-corrected chi connectivity index (χ2v) is 12.6. The molecule has 2 aromatic carbocycles. The minimum absolute atomic E-state index is 0.0256. The summed E-state index contributed by atoms with van der Waals surface area (Å²) in [6, 6.07) is 9.40. The quantitative estimate of drug-likeness (QED) is 0.0544. The molecule has 0 aliphatic rings. The SMILES string of the molecule is COC(=O)C(CSN[C@@H](CS)C(=O)S)NC(=O)c1ccccc1Nc1ccccc1C(=O)NC(CSN[C@@H](CS)C(=O)S)C(=O)OC. The summed E-state index contributed by atoms with van der Waals surface area (Å²) in [4.78, 5) is 74.8. The molecule has 0 heterocycles. The molecule has 0 saturated heterocycles. The van der Waals surface area contributed by atoms with E-state index in [1.807, 2.05) is 0 Å². The number of para-hydroxylation sites is 2. The normalized spacial score (nSPS) is 13.3. The van der Waals surface area contributed by atoms with Crippen LogP contribution in [0.25, 0.3) is 0 Å². The number of rotatable bonds is 20. The maximum absolute atomic E-state index is 13.4. The number of methoxy groups -OCH3 is 2. The van der Waals surface area contributed by atoms with Crippen LogP contribution in [0, 0.1) is 0 Å². The third kappa shape index (κ3) is 13.1. The van der Waals surface area contributed by atoms with E-state index in [9.17, 15) is 28.8 Å². The molecule has 4 atom stereocenters. The lowest BCUT2D eigenvalue weighted by atomic mass is 10.1. The highest BCUT2D eigenvalue weighted by Crippen LogP contribution is 2.24. The van der Waals surface area contributed by atoms with Crippen LogP contribution in [-0.2, 0) is 28.7 Å². The lowest BCUT2D eigenvalue weighted by molar-refractivity contribution is -0.143. The molecule has 47 heavy (non-hydrogen) atoms. The van der Waals surface area contributed by atoms with Gasteiger partial charge in [0.15, 0.2) is 0 Å². The van der Waals surface area contributed by atoms with Crippen molar-refractivity contribution < 1.29 is 38.2 Å². The zero-order chi connectivity index (χ0) is 34.9. The largest absolute Gasteiger partial charge is 0.467 e. The van der Waals surface area contributed by atoms with E-state index in [2.05, 4.69) is 75.9 Å². The van der Waals surface area contributed by atoms with Gasteiger partial charge in [-0.15, -0.1) is 25.3 Å². The van der Waals surface area contributed by atoms with Crippen molar-refractivity contribution in [2.75, 3.05) is 42.5 Å². The fraction of sp³-hybridized carbons (Fsp3) is 0.357. The minimum Gasteiger partial charge on any atom is -0.467 e. The average Bonchev–Trinajstić information content (AvgIpc) is 3.06. The number of carbonyl (C=O) groups excluding carboxylic acids is 6. The molecule has 0 aliphatic heterocycles. The molecule has 2 unspecified atom stereocenters. The third-order valence-electron chi connectivity index (χ3n) is 6.11. The molecule has 0 aliphatic carbocycles. The molecule has 19 heteroatoms. The Morgan fingerprint density at radius 1 is 0.638 bits per heavy atom. The molecule has 0 saturated carbocycles. The summed E-state index contributed by atoms with van der Waals surface area (Å²) in [5.41, 5.74) is 0.935. The maximum Gasteiger partial charge on any atom is 0.329 e. The standard InChI is InChI=1S/C28H35N5O8S6/c1-40-25(36)21(13-46-32-19(11-42)27(38)44)30-23(34)15-7-3-5-9-17(15)29-18-10-6-4-8-16(18)24(35)31-22(26(37)41-2)14-47-33-20(12-43)28(39)45/h3-10,19-22,29,32-33,42-43H,11-14H2,1-2H3,(H,30,34)(H,31,35)(H,38,44)(H,39,45)/t19-,20-,21?,22?/m0/s1. The Hall–Kier alpha value is -2.52. The van der Waals surface area contributed by atoms with Crippen molar-refractivity contribution in [2.24, 2.45) is 0 Å². The first-order valence-electron chi connectivity index (χ1n) is 13.6. The highest BCUT2D eigenvalue weighted by Gasteiger charge is 2.27. The first-order chi connectivity index (χ1) is 22.5. The number of thiol groups is 4. The van der Waals surface area contributed by atoms with Crippen molar-refractivity contribution in [3.63, 3.8) is 0 Å². The van der Waals surface area contributed by atoms with Crippen molar-refractivity contribution in [2.45, 2.75) is 24.2 Å². The van der Waals surface area contributed by atoms with Crippen LogP contribution in [0.5, 0.6) is 0 Å². The van der Waals surface area contributed by atoms with Gasteiger partial charge >= 0.3 is 11.9 Å². The summed E-state index contributed by atoms with van der Waals surface area (Å²) in [7, 11) is 2.37. The van der Waals surface area contributed by atoms with Gasteiger partial charge in [-0.05, 0) is 24.3 Å². The molecule has 5 N–H and O–H groups in total. The Labute approximate surface area is 302 Å². The summed E-state index contributed by atoms with van der Waals surface area (Å²) < 4.78 is 15.4. The topological polar surface area (TPSA) is 181 Å². The number of carbonyl (C=O) groups is 6. The van der Waals surface area contributed by atoms with Crippen molar-refractivity contribution in [3.8, 4) is 0 Å². The Kier molecular flexibility index (Phi) is 18.6. The van der Waals surface area contributed by atoms with E-state index < -0.39 is 58.2 Å². The summed E-state index contributed by atoms with van der Waals surface area (Å²) in [6.07, 6.45) is 0. The molecular formula is C28H35N5O8S6. The maximum atomic E-state index is 13.4. The molecule has 2 amide bonds. The summed E-state index contributed by atoms with van der Waals surface area (Å²) in [6.45, 7) is 0. The van der Waals surface area contributed by atoms with Gasteiger partial charge in [-0.1, -0.05) is 48.2 Å². The summed E-state index contributed by atoms with van der Waals surface area (Å²) >= 11 is 17.8. The molecule has 2 aromatic rings. The van der Waals surface area contributed by atoms with Crippen molar-refractivity contribution in [1.82, 2.24) is 20.1 Å². The van der Waals surface area contributed by atoms with Gasteiger partial charge in [-0.2, -0.15) is 25.3 Å². The van der Waals surface area contributed by atoms with E-state index in [0.29, 0.717) is 11.4 Å². The number of amides is 2. The van der Waals surface area contributed by atoms with E-state index in [1.165, 1.54) is 26.4 Å². The summed E-state index contributed by atoms with van der Waals surface area (Å²) in [5, 5.41) is 7.53. The zero-order valence-electron chi connectivity index (χ0n) is 25.1. The van der Waals surface area contributed by atoms with E-state index in [4.69, 9.17) is 9.47 Å². The zero-order valence-corrected chi connectivity index (χ0v) is 30.3. The van der Waals surface area contributed by atoms with E-state index in [1.54, 1.807) is 36.4 Å². The Balaban J connectivity index is 2.22. The molecule has 256 valence electrons. The van der Waals surface area contributed by atoms with Crippen LogP contribution in [0.3, 0.4) is 0 Å². The first kappa shape index (κ1) is 40.7. The second-order valence-electron chi connectivity index (χ2n) is 9.32. The predicted molar refractivity (Wildman–Crippen MR) is 197 cm³/mol. The monoisotopic (exact) mass is 761 g/mol. The fourth-order valence-electron chi connectivity index (χ4n) is 3.61. The van der Waals surface area contributed by atoms with Gasteiger partial charge < -0.3 is 25.4 Å². The van der Waals surface area contributed by atoms with Gasteiger partial charge in [0.25, 0.3) is 11.8 Å². The van der Waals surface area contributed by atoms with Gasteiger partial charge in [0, 0.05) is 23.0 Å². The number of anilines is 2. The van der Waals surface area contributed by atoms with Crippen LogP contribution < -0.4 is 25.4 Å². The number of ether oxygens (including phenoxy) is 2. The predicted octanol–water partition coefficient (Wildman–Crippen LogP) is 1.96. The molecule has 0 spiro atoms. The highest BCUT2D eigenvalue weighted by molar-refractivity contribution is 7.99. The first-order valence-corrected chi connectivity index (χ1v) is 17.7. The number of benzene rings is 2. The second kappa shape index (κ2) is 21.5. The van der Waals surface area contributed by atoms with E-state index in [-0.39, 0.29) is 34.1 Å². The van der Waals surface area contributed by atoms with Crippen LogP contribution in [0.2, 0.25) is 0 Å². The molecule has 0 radical (unpaired) electrons. The van der Waals surface area contributed by atoms with Gasteiger partial charge in [-0.3, -0.25) is 28.6 Å². The van der Waals surface area contributed by atoms with Crippen LogP contribution in [0.4, 0.5) is 11.4 Å². The van der Waals surface area contributed by atoms with E-state index in [0.717, 1.165) is 23.9 Å². The summed E-state index contributed by atoms with van der Waals surface area (Å²) in [5.74, 6) is -2.22. The Morgan fingerprint density at radius 3 is 1.32 bits per heavy atom. The number of nitrogens with one attached hydrogen (secondary N) is 5. The lowest BCUT2D eigenvalue weighted by Gasteiger charge is -2.20. The average molecular weight is 762 g/mol. The van der Waals surface area contributed by atoms with Crippen molar-refractivity contribution in [1.29, 1.82) is 0 Å². The molecule has 13 nitrogen and oxygen atoms in total. The number of esters is 2. The van der Waals surface area contributed by atoms with Gasteiger partial charge in [0.05, 0.1) is 48.8 Å². The fourth-order valence-corrected chi connectivity index (χ4v) is 6.90. The van der Waals surface area contributed by atoms with Crippen LogP contribution in [0.15, 0.2) is 48.5 Å². The Morgan fingerprint density at radius 2 is 1.00 bits per heavy atom. The molecule has 0 aromatic heterocycles. The van der Waals surface area contributed by atoms with Crippen LogP contribution in [-0.4, -0.2) is 95.4 Å². The van der Waals surface area contributed by atoms with Gasteiger partial charge in [0.2, 0.25) is 10.2 Å². The van der Waals surface area contributed by atoms with Gasteiger partial charge in [-0.25, -0.2) is 9.59 Å². The van der Waals surface area contributed by atoms with Crippen LogP contribution >= 0.6 is 74.4 Å². The van der Waals surface area contributed by atoms with Crippen molar-refractivity contribution >= 4 is 120 Å². The highest BCUT2D eigenvalue weighted by atomic mass is 32.2. The lowest BCUT2D eigenvalue weighted by Crippen LogP contribution is -2.45.